The molecule has 1 saturated carbocycles. The van der Waals surface area contributed by atoms with E-state index in [9.17, 15) is 0 Å². The number of hydrogen-bond acceptors (Lipinski definition) is 0. The van der Waals surface area contributed by atoms with Crippen LogP contribution in [0.5, 0.6) is 0 Å². The molecule has 0 nitrogen and oxygen atoms in total. The second-order valence-electron chi connectivity index (χ2n) is 5.29. The second kappa shape index (κ2) is 7.24. The zero-order valence-corrected chi connectivity index (χ0v) is 14.1. The van der Waals surface area contributed by atoms with E-state index in [1.165, 1.54) is 29.6 Å². The van der Waals surface area contributed by atoms with Crippen LogP contribution in [0, 0.1) is 42.7 Å². The first kappa shape index (κ1) is 19.1. The maximum absolute atomic E-state index is 3.80. The van der Waals surface area contributed by atoms with Gasteiger partial charge in [0, 0.05) is 0 Å². The van der Waals surface area contributed by atoms with Crippen LogP contribution in [0.2, 0.25) is 13.1 Å². The van der Waals surface area contributed by atoms with Crippen molar-refractivity contribution in [2.75, 3.05) is 0 Å². The van der Waals surface area contributed by atoms with Gasteiger partial charge >= 0.3 is 17.4 Å². The van der Waals surface area contributed by atoms with Crippen LogP contribution in [-0.2, 0) is 17.4 Å². The SMILES string of the molecule is C[C]1[C](C)[C](C)[C](C)[C]1C.[CH2-][Si]([CH2-])(C)C.[Cr+3]. The molecule has 0 spiro atoms. The van der Waals surface area contributed by atoms with Crippen LogP contribution in [0.25, 0.3) is 0 Å². The summed E-state index contributed by atoms with van der Waals surface area (Å²) in [6.07, 6.45) is 0. The van der Waals surface area contributed by atoms with Gasteiger partial charge in [-0.3, -0.25) is 8.07 Å². The summed E-state index contributed by atoms with van der Waals surface area (Å²) in [4.78, 5) is 0. The Bertz CT molecular complexity index is 135. The average molecular weight is 273 g/mol. The molecule has 0 aromatic rings. The van der Waals surface area contributed by atoms with Gasteiger partial charge in [-0.25, -0.2) is 0 Å². The van der Waals surface area contributed by atoms with E-state index in [1.807, 2.05) is 0 Å². The molecule has 1 rings (SSSR count). The fourth-order valence-electron chi connectivity index (χ4n) is 1.41. The topological polar surface area (TPSA) is 0 Å². The number of rotatable bonds is 0. The molecule has 0 aromatic carbocycles. The minimum Gasteiger partial charge on any atom is -0.366 e. The fourth-order valence-corrected chi connectivity index (χ4v) is 1.41. The van der Waals surface area contributed by atoms with Crippen molar-refractivity contribution >= 4 is 8.07 Å². The molecule has 1 aliphatic rings. The monoisotopic (exact) mass is 273 g/mol. The Labute approximate surface area is 116 Å². The Hall–Kier alpha value is 0.749. The third-order valence-corrected chi connectivity index (χ3v) is 2.81. The van der Waals surface area contributed by atoms with E-state index >= 15 is 0 Å². The van der Waals surface area contributed by atoms with Gasteiger partial charge in [0.1, 0.15) is 0 Å². The van der Waals surface area contributed by atoms with Crippen LogP contribution < -0.4 is 0 Å². The van der Waals surface area contributed by atoms with Gasteiger partial charge in [-0.1, -0.05) is 34.6 Å². The van der Waals surface area contributed by atoms with Crippen molar-refractivity contribution in [3.63, 3.8) is 0 Å². The quantitative estimate of drug-likeness (QED) is 0.453. The molecule has 0 amide bonds. The van der Waals surface area contributed by atoms with E-state index in [1.54, 1.807) is 0 Å². The molecule has 16 heavy (non-hydrogen) atoms. The van der Waals surface area contributed by atoms with E-state index in [0.717, 1.165) is 0 Å². The molecule has 1 aliphatic carbocycles. The van der Waals surface area contributed by atoms with Crippen molar-refractivity contribution in [1.29, 1.82) is 0 Å². The predicted octanol–water partition coefficient (Wildman–Crippen LogP) is 4.41. The minimum absolute atomic E-state index is 0. The minimum atomic E-state index is -1.11. The summed E-state index contributed by atoms with van der Waals surface area (Å²) in [5.41, 5.74) is 0. The summed E-state index contributed by atoms with van der Waals surface area (Å²) in [5, 5.41) is 0. The van der Waals surface area contributed by atoms with Gasteiger partial charge in [-0.05, 0) is 29.6 Å². The Morgan fingerprint density at radius 1 is 0.625 bits per heavy atom. The molecule has 2 heteroatoms. The van der Waals surface area contributed by atoms with Gasteiger partial charge in [0.2, 0.25) is 0 Å². The Morgan fingerprint density at radius 2 is 0.688 bits per heavy atom. The van der Waals surface area contributed by atoms with Gasteiger partial charge in [-0.15, -0.1) is 13.1 Å². The van der Waals surface area contributed by atoms with Crippen molar-refractivity contribution in [2.45, 2.75) is 47.7 Å². The molecule has 0 heterocycles. The summed E-state index contributed by atoms with van der Waals surface area (Å²) < 4.78 is 0. The van der Waals surface area contributed by atoms with E-state index in [4.69, 9.17) is 0 Å². The largest absolute Gasteiger partial charge is 3.00 e. The third-order valence-electron chi connectivity index (χ3n) is 2.81. The zero-order valence-electron chi connectivity index (χ0n) is 11.8. The first-order valence-corrected chi connectivity index (χ1v) is 8.87. The summed E-state index contributed by atoms with van der Waals surface area (Å²) >= 11 is 0. The summed E-state index contributed by atoms with van der Waals surface area (Å²) in [6, 6.07) is 0. The zero-order chi connectivity index (χ0) is 12.4. The van der Waals surface area contributed by atoms with Gasteiger partial charge in [0.25, 0.3) is 0 Å². The summed E-state index contributed by atoms with van der Waals surface area (Å²) in [6.45, 7) is 22.8. The van der Waals surface area contributed by atoms with E-state index in [0.29, 0.717) is 0 Å². The predicted molar refractivity (Wildman–Crippen MR) is 72.8 cm³/mol. The van der Waals surface area contributed by atoms with Crippen LogP contribution in [0.3, 0.4) is 0 Å². The smallest absolute Gasteiger partial charge is 0.366 e. The van der Waals surface area contributed by atoms with Crippen molar-refractivity contribution in [2.24, 2.45) is 0 Å². The Kier molecular flexibility index (Phi) is 8.65. The normalized spacial score (nSPS) is 21.6. The maximum Gasteiger partial charge on any atom is 3.00 e. The molecular weight excluding hydrogens is 248 g/mol. The first-order chi connectivity index (χ1) is 6.55. The molecule has 0 N–H and O–H groups in total. The van der Waals surface area contributed by atoms with Crippen LogP contribution in [0.15, 0.2) is 0 Å². The summed E-state index contributed by atoms with van der Waals surface area (Å²) in [5.74, 6) is 7.34. The molecule has 90 valence electrons. The Balaban J connectivity index is 0. The number of hydrogen-bond donors (Lipinski definition) is 0. The van der Waals surface area contributed by atoms with E-state index in [-0.39, 0.29) is 17.4 Å². The molecule has 1 fully saturated rings. The van der Waals surface area contributed by atoms with Gasteiger partial charge in [0.15, 0.2) is 0 Å². The maximum atomic E-state index is 3.80. The average Bonchev–Trinajstić information content (AvgIpc) is 2.21. The second-order valence-corrected chi connectivity index (χ2v) is 9.62. The standard InChI is InChI=1S/C10H15.C4H10Si.Cr/c1-6-7(2)9(4)10(5)8(6)3;1-5(2,3)4;/h1-5H3;1-2H2,3-4H3;/q;-2;+3. The molecule has 0 atom stereocenters. The van der Waals surface area contributed by atoms with Gasteiger partial charge in [-0.2, -0.15) is 0 Å². The Morgan fingerprint density at radius 3 is 0.750 bits per heavy atom. The molecule has 0 saturated heterocycles. The third kappa shape index (κ3) is 6.48. The fraction of sp³-hybridized carbons (Fsp3) is 0.500. The van der Waals surface area contributed by atoms with Crippen molar-refractivity contribution in [3.05, 3.63) is 42.7 Å². The molecule has 6 radical (unpaired) electrons. The molecular formula is C14H25CrSi+. The van der Waals surface area contributed by atoms with Crippen molar-refractivity contribution < 1.29 is 17.4 Å². The van der Waals surface area contributed by atoms with E-state index in [2.05, 4.69) is 60.8 Å². The molecule has 0 bridgehead atoms. The van der Waals surface area contributed by atoms with Gasteiger partial charge < -0.3 is 13.1 Å². The van der Waals surface area contributed by atoms with Crippen LogP contribution in [-0.4, -0.2) is 8.07 Å². The molecule has 0 unspecified atom stereocenters. The van der Waals surface area contributed by atoms with Crippen molar-refractivity contribution in [1.82, 2.24) is 0 Å². The van der Waals surface area contributed by atoms with Crippen LogP contribution in [0.1, 0.15) is 34.6 Å². The van der Waals surface area contributed by atoms with Crippen LogP contribution >= 0.6 is 0 Å². The summed E-state index contributed by atoms with van der Waals surface area (Å²) in [7, 11) is -1.11. The first-order valence-electron chi connectivity index (χ1n) is 5.46. The van der Waals surface area contributed by atoms with Crippen molar-refractivity contribution in [3.8, 4) is 0 Å². The van der Waals surface area contributed by atoms with Crippen LogP contribution in [0.4, 0.5) is 0 Å². The van der Waals surface area contributed by atoms with E-state index < -0.39 is 8.07 Å². The molecule has 0 aromatic heterocycles. The van der Waals surface area contributed by atoms with Gasteiger partial charge in [0.05, 0.1) is 0 Å². The molecule has 0 aliphatic heterocycles.